The summed E-state index contributed by atoms with van der Waals surface area (Å²) in [7, 11) is 0. The second-order valence-electron chi connectivity index (χ2n) is 2.06. The minimum absolute atomic E-state index is 0.359. The predicted octanol–water partition coefficient (Wildman–Crippen LogP) is 3.51. The van der Waals surface area contributed by atoms with Crippen molar-refractivity contribution in [2.75, 3.05) is 0 Å². The van der Waals surface area contributed by atoms with E-state index in [2.05, 4.69) is 0 Å². The Morgan fingerprint density at radius 1 is 1.08 bits per heavy atom. The lowest BCUT2D eigenvalue weighted by molar-refractivity contribution is 0.144. The molecule has 0 fully saturated rings. The Kier molecular flexibility index (Phi) is 2.92. The Bertz CT molecular complexity index is 298. The minimum Gasteiger partial charge on any atom is -0.206 e. The van der Waals surface area contributed by atoms with E-state index in [4.69, 9.17) is 0 Å². The standard InChI is InChI=1S/C7H3F4I/c8-3-1-2-4(9)6(12)5(3)7(10)11/h1-2,7H. The van der Waals surface area contributed by atoms with Crippen LogP contribution in [-0.4, -0.2) is 0 Å². The molecule has 0 amide bonds. The zero-order chi connectivity index (χ0) is 9.30. The molecule has 5 heteroatoms. The minimum atomic E-state index is -2.98. The van der Waals surface area contributed by atoms with Crippen molar-refractivity contribution in [2.45, 2.75) is 6.43 Å². The van der Waals surface area contributed by atoms with E-state index in [1.54, 1.807) is 0 Å². The molecule has 1 rings (SSSR count). The van der Waals surface area contributed by atoms with Crippen LogP contribution in [0.25, 0.3) is 0 Å². The lowest BCUT2D eigenvalue weighted by atomic mass is 10.2. The van der Waals surface area contributed by atoms with Crippen molar-refractivity contribution in [1.82, 2.24) is 0 Å². The van der Waals surface area contributed by atoms with Gasteiger partial charge in [-0.1, -0.05) is 0 Å². The SMILES string of the molecule is Fc1ccc(F)c(C(F)F)c1I. The van der Waals surface area contributed by atoms with Crippen LogP contribution in [0.3, 0.4) is 0 Å². The van der Waals surface area contributed by atoms with Crippen LogP contribution in [-0.2, 0) is 0 Å². The molecule has 0 atom stereocenters. The Labute approximate surface area is 79.7 Å². The highest BCUT2D eigenvalue weighted by atomic mass is 127. The van der Waals surface area contributed by atoms with E-state index >= 15 is 0 Å². The lowest BCUT2D eigenvalue weighted by Gasteiger charge is -2.04. The van der Waals surface area contributed by atoms with Crippen LogP contribution in [0.15, 0.2) is 12.1 Å². The number of benzene rings is 1. The first-order valence-corrected chi connectivity index (χ1v) is 4.03. The summed E-state index contributed by atoms with van der Waals surface area (Å²) in [6, 6.07) is 1.52. The van der Waals surface area contributed by atoms with Crippen molar-refractivity contribution in [3.63, 3.8) is 0 Å². The summed E-state index contributed by atoms with van der Waals surface area (Å²) in [4.78, 5) is 0. The number of hydrogen-bond acceptors (Lipinski definition) is 0. The van der Waals surface area contributed by atoms with Crippen LogP contribution in [0, 0.1) is 15.2 Å². The van der Waals surface area contributed by atoms with Crippen LogP contribution in [0.2, 0.25) is 0 Å². The molecule has 66 valence electrons. The summed E-state index contributed by atoms with van der Waals surface area (Å²) in [5.74, 6) is -1.90. The summed E-state index contributed by atoms with van der Waals surface area (Å²) in [5.41, 5.74) is -0.865. The van der Waals surface area contributed by atoms with Gasteiger partial charge in [-0.05, 0) is 34.7 Å². The molecule has 12 heavy (non-hydrogen) atoms. The van der Waals surface area contributed by atoms with E-state index in [1.807, 2.05) is 0 Å². The molecule has 0 N–H and O–H groups in total. The molecule has 0 heterocycles. The fraction of sp³-hybridized carbons (Fsp3) is 0.143. The zero-order valence-electron chi connectivity index (χ0n) is 5.62. The molecule has 0 saturated heterocycles. The molecule has 1 aromatic rings. The summed E-state index contributed by atoms with van der Waals surface area (Å²) in [5, 5.41) is 0. The van der Waals surface area contributed by atoms with E-state index in [-0.39, 0.29) is 3.57 Å². The van der Waals surface area contributed by atoms with E-state index in [0.717, 1.165) is 6.07 Å². The molecule has 0 aliphatic rings. The van der Waals surface area contributed by atoms with Gasteiger partial charge < -0.3 is 0 Å². The number of hydrogen-bond donors (Lipinski definition) is 0. The van der Waals surface area contributed by atoms with Gasteiger partial charge in [0, 0.05) is 0 Å². The average molecular weight is 290 g/mol. The van der Waals surface area contributed by atoms with E-state index in [0.29, 0.717) is 6.07 Å². The van der Waals surface area contributed by atoms with Crippen LogP contribution in [0.1, 0.15) is 12.0 Å². The maximum absolute atomic E-state index is 12.6. The quantitative estimate of drug-likeness (QED) is 0.422. The molecular weight excluding hydrogens is 287 g/mol. The van der Waals surface area contributed by atoms with Gasteiger partial charge >= 0.3 is 0 Å². The predicted molar refractivity (Wildman–Crippen MR) is 44.0 cm³/mol. The van der Waals surface area contributed by atoms with Gasteiger partial charge in [0.05, 0.1) is 9.13 Å². The Morgan fingerprint density at radius 3 is 2.00 bits per heavy atom. The third-order valence-corrected chi connectivity index (χ3v) is 2.39. The molecule has 0 saturated carbocycles. The second kappa shape index (κ2) is 3.59. The highest BCUT2D eigenvalue weighted by Crippen LogP contribution is 2.28. The average Bonchev–Trinajstić information content (AvgIpc) is 1.97. The molecule has 0 bridgehead atoms. The van der Waals surface area contributed by atoms with Gasteiger partial charge in [0.1, 0.15) is 11.6 Å². The van der Waals surface area contributed by atoms with Crippen LogP contribution in [0.5, 0.6) is 0 Å². The smallest absolute Gasteiger partial charge is 0.206 e. The largest absolute Gasteiger partial charge is 0.267 e. The molecule has 0 nitrogen and oxygen atoms in total. The van der Waals surface area contributed by atoms with Gasteiger partial charge in [-0.3, -0.25) is 0 Å². The van der Waals surface area contributed by atoms with Crippen LogP contribution < -0.4 is 0 Å². The molecule has 0 aliphatic carbocycles. The van der Waals surface area contributed by atoms with Crippen molar-refractivity contribution in [3.05, 3.63) is 32.9 Å². The first kappa shape index (κ1) is 9.76. The number of halogens is 5. The van der Waals surface area contributed by atoms with Crippen LogP contribution >= 0.6 is 22.6 Å². The van der Waals surface area contributed by atoms with Gasteiger partial charge in [0.2, 0.25) is 0 Å². The molecule has 0 unspecified atom stereocenters. The normalized spacial score (nSPS) is 10.8. The first-order valence-electron chi connectivity index (χ1n) is 2.95. The monoisotopic (exact) mass is 290 g/mol. The molecule has 0 aliphatic heterocycles. The maximum Gasteiger partial charge on any atom is 0.267 e. The molecular formula is C7H3F4I. The molecule has 0 radical (unpaired) electrons. The van der Waals surface area contributed by atoms with Crippen molar-refractivity contribution < 1.29 is 17.6 Å². The van der Waals surface area contributed by atoms with Gasteiger partial charge in [0.25, 0.3) is 6.43 Å². The molecule has 0 aromatic heterocycles. The van der Waals surface area contributed by atoms with Gasteiger partial charge in [-0.15, -0.1) is 0 Å². The fourth-order valence-electron chi connectivity index (χ4n) is 0.743. The Balaban J connectivity index is 3.33. The third-order valence-electron chi connectivity index (χ3n) is 1.30. The Morgan fingerprint density at radius 2 is 1.58 bits per heavy atom. The summed E-state index contributed by atoms with van der Waals surface area (Å²) >= 11 is 1.35. The maximum atomic E-state index is 12.6. The fourth-order valence-corrected chi connectivity index (χ4v) is 1.42. The number of alkyl halides is 2. The summed E-state index contributed by atoms with van der Waals surface area (Å²) in [6.07, 6.45) is -2.98. The van der Waals surface area contributed by atoms with Crippen molar-refractivity contribution >= 4 is 22.6 Å². The van der Waals surface area contributed by atoms with Crippen molar-refractivity contribution in [1.29, 1.82) is 0 Å². The van der Waals surface area contributed by atoms with Gasteiger partial charge in [-0.2, -0.15) is 0 Å². The van der Waals surface area contributed by atoms with Gasteiger partial charge in [-0.25, -0.2) is 17.6 Å². The summed E-state index contributed by atoms with van der Waals surface area (Å²) < 4.78 is 49.0. The van der Waals surface area contributed by atoms with E-state index < -0.39 is 23.6 Å². The van der Waals surface area contributed by atoms with E-state index in [1.165, 1.54) is 22.6 Å². The van der Waals surface area contributed by atoms with Crippen molar-refractivity contribution in [3.8, 4) is 0 Å². The first-order chi connectivity index (χ1) is 5.54. The second-order valence-corrected chi connectivity index (χ2v) is 3.14. The highest BCUT2D eigenvalue weighted by molar-refractivity contribution is 14.1. The molecule has 1 aromatic carbocycles. The van der Waals surface area contributed by atoms with Crippen LogP contribution in [0.4, 0.5) is 17.6 Å². The third kappa shape index (κ3) is 1.70. The summed E-state index contributed by atoms with van der Waals surface area (Å²) in [6.45, 7) is 0. The lowest BCUT2D eigenvalue weighted by Crippen LogP contribution is -1.97. The van der Waals surface area contributed by atoms with Gasteiger partial charge in [0.15, 0.2) is 0 Å². The number of rotatable bonds is 1. The molecule has 0 spiro atoms. The van der Waals surface area contributed by atoms with E-state index in [9.17, 15) is 17.6 Å². The highest BCUT2D eigenvalue weighted by Gasteiger charge is 2.19. The van der Waals surface area contributed by atoms with Crippen molar-refractivity contribution in [2.24, 2.45) is 0 Å². The zero-order valence-corrected chi connectivity index (χ0v) is 7.78. The topological polar surface area (TPSA) is 0 Å². The Hall–Kier alpha value is -0.330.